The molecule has 1 amide bonds. The Bertz CT molecular complexity index is 534. The molecule has 0 saturated heterocycles. The number of rotatable bonds is 6. The molecule has 0 bridgehead atoms. The minimum Gasteiger partial charge on any atom is -0.488 e. The highest BCUT2D eigenvalue weighted by Crippen LogP contribution is 2.24. The predicted octanol–water partition coefficient (Wildman–Crippen LogP) is 2.46. The molecule has 2 atom stereocenters. The minimum absolute atomic E-state index is 0.231. The van der Waals surface area contributed by atoms with Crippen LogP contribution in [0.4, 0.5) is 18.9 Å². The number of halogens is 3. The third-order valence-corrected chi connectivity index (χ3v) is 3.70. The number of carbonyl (C=O) groups is 1. The number of alkyl halides is 3. The van der Waals surface area contributed by atoms with Gasteiger partial charge in [-0.15, -0.1) is 0 Å². The van der Waals surface area contributed by atoms with Gasteiger partial charge in [-0.1, -0.05) is 6.42 Å². The predicted molar refractivity (Wildman–Crippen MR) is 82.9 cm³/mol. The third-order valence-electron chi connectivity index (χ3n) is 3.70. The maximum absolute atomic E-state index is 12.0. The van der Waals surface area contributed by atoms with Gasteiger partial charge >= 0.3 is 6.18 Å². The molecule has 1 aromatic carbocycles. The monoisotopic (exact) mass is 346 g/mol. The highest BCUT2D eigenvalue weighted by molar-refractivity contribution is 5.92. The van der Waals surface area contributed by atoms with E-state index in [4.69, 9.17) is 4.74 Å². The second kappa shape index (κ2) is 8.34. The number of aliphatic hydroxyl groups excluding tert-OH is 1. The number of carbonyl (C=O) groups excluding carboxylic acids is 1. The van der Waals surface area contributed by atoms with Crippen molar-refractivity contribution in [1.29, 1.82) is 0 Å². The first-order valence-corrected chi connectivity index (χ1v) is 7.85. The summed E-state index contributed by atoms with van der Waals surface area (Å²) in [7, 11) is 0. The number of aliphatic hydroxyl groups is 1. The van der Waals surface area contributed by atoms with E-state index in [9.17, 15) is 23.1 Å². The summed E-state index contributed by atoms with van der Waals surface area (Å²) in [5.74, 6) is 0.0183. The number of nitrogens with one attached hydrogen (secondary N) is 2. The first-order valence-electron chi connectivity index (χ1n) is 7.85. The molecule has 3 N–H and O–H groups in total. The molecule has 2 rings (SSSR count). The van der Waals surface area contributed by atoms with Crippen molar-refractivity contribution >= 4 is 11.6 Å². The molecule has 1 fully saturated rings. The smallest absolute Gasteiger partial charge is 0.401 e. The van der Waals surface area contributed by atoms with Crippen molar-refractivity contribution in [2.45, 2.75) is 44.1 Å². The van der Waals surface area contributed by atoms with E-state index in [0.29, 0.717) is 11.4 Å². The first-order chi connectivity index (χ1) is 11.3. The SMILES string of the molecule is O=C(CNCC(F)(F)F)Nc1ccc(OC2CCCCC2O)cc1. The van der Waals surface area contributed by atoms with Crippen molar-refractivity contribution < 1.29 is 27.8 Å². The van der Waals surface area contributed by atoms with Gasteiger partial charge in [0.25, 0.3) is 0 Å². The Labute approximate surface area is 138 Å². The molecular formula is C16H21F3N2O3. The number of anilines is 1. The van der Waals surface area contributed by atoms with Crippen LogP contribution >= 0.6 is 0 Å². The van der Waals surface area contributed by atoms with Crippen LogP contribution in [0.25, 0.3) is 0 Å². The van der Waals surface area contributed by atoms with E-state index in [1.54, 1.807) is 24.3 Å². The molecule has 1 aliphatic carbocycles. The lowest BCUT2D eigenvalue weighted by Crippen LogP contribution is -2.35. The molecule has 0 spiro atoms. The van der Waals surface area contributed by atoms with Crippen molar-refractivity contribution in [2.75, 3.05) is 18.4 Å². The maximum Gasteiger partial charge on any atom is 0.401 e. The average molecular weight is 346 g/mol. The molecule has 8 heteroatoms. The van der Waals surface area contributed by atoms with E-state index < -0.39 is 31.3 Å². The Balaban J connectivity index is 1.78. The van der Waals surface area contributed by atoms with Gasteiger partial charge in [0.05, 0.1) is 19.2 Å². The highest BCUT2D eigenvalue weighted by Gasteiger charge is 2.26. The molecule has 24 heavy (non-hydrogen) atoms. The zero-order valence-electron chi connectivity index (χ0n) is 13.1. The maximum atomic E-state index is 12.0. The second-order valence-corrected chi connectivity index (χ2v) is 5.80. The van der Waals surface area contributed by atoms with Gasteiger partial charge in [-0.25, -0.2) is 0 Å². The Morgan fingerprint density at radius 1 is 1.21 bits per heavy atom. The van der Waals surface area contributed by atoms with Crippen LogP contribution in [0.3, 0.4) is 0 Å². The van der Waals surface area contributed by atoms with E-state index in [0.717, 1.165) is 25.7 Å². The fraction of sp³-hybridized carbons (Fsp3) is 0.562. The lowest BCUT2D eigenvalue weighted by Gasteiger charge is -2.28. The van der Waals surface area contributed by atoms with Crippen LogP contribution in [-0.4, -0.2) is 42.5 Å². The topological polar surface area (TPSA) is 70.6 Å². The van der Waals surface area contributed by atoms with E-state index in [-0.39, 0.29) is 6.10 Å². The largest absolute Gasteiger partial charge is 0.488 e. The van der Waals surface area contributed by atoms with Gasteiger partial charge in [-0.3, -0.25) is 4.79 Å². The molecule has 1 aromatic rings. The van der Waals surface area contributed by atoms with Crippen LogP contribution in [0.15, 0.2) is 24.3 Å². The summed E-state index contributed by atoms with van der Waals surface area (Å²) in [5, 5.41) is 14.4. The molecular weight excluding hydrogens is 325 g/mol. The van der Waals surface area contributed by atoms with Gasteiger partial charge in [-0.05, 0) is 43.5 Å². The summed E-state index contributed by atoms with van der Waals surface area (Å²) in [6.45, 7) is -1.64. The molecule has 5 nitrogen and oxygen atoms in total. The zero-order chi connectivity index (χ0) is 17.6. The Morgan fingerprint density at radius 2 is 1.88 bits per heavy atom. The van der Waals surface area contributed by atoms with E-state index in [1.165, 1.54) is 0 Å². The van der Waals surface area contributed by atoms with Crippen LogP contribution < -0.4 is 15.4 Å². The summed E-state index contributed by atoms with van der Waals surface area (Å²) in [6, 6.07) is 6.51. The van der Waals surface area contributed by atoms with Gasteiger partial charge in [0.15, 0.2) is 0 Å². The van der Waals surface area contributed by atoms with E-state index in [2.05, 4.69) is 5.32 Å². The standard InChI is InChI=1S/C16H21F3N2O3/c17-16(18,19)10-20-9-15(23)21-11-5-7-12(8-6-11)24-14-4-2-1-3-13(14)22/h5-8,13-14,20,22H,1-4,9-10H2,(H,21,23). The second-order valence-electron chi connectivity index (χ2n) is 5.80. The summed E-state index contributed by atoms with van der Waals surface area (Å²) >= 11 is 0. The number of hydrogen-bond donors (Lipinski definition) is 3. The van der Waals surface area contributed by atoms with Gasteiger partial charge in [-0.2, -0.15) is 13.2 Å². The van der Waals surface area contributed by atoms with Gasteiger partial charge in [0.2, 0.25) is 5.91 Å². The Kier molecular flexibility index (Phi) is 6.44. The fourth-order valence-electron chi connectivity index (χ4n) is 2.53. The molecule has 1 saturated carbocycles. The zero-order valence-corrected chi connectivity index (χ0v) is 13.1. The molecule has 134 valence electrons. The number of hydrogen-bond acceptors (Lipinski definition) is 4. The molecule has 0 aromatic heterocycles. The molecule has 0 heterocycles. The van der Waals surface area contributed by atoms with Crippen LogP contribution in [0.5, 0.6) is 5.75 Å². The molecule has 0 aliphatic heterocycles. The van der Waals surface area contributed by atoms with Crippen LogP contribution in [0.2, 0.25) is 0 Å². The van der Waals surface area contributed by atoms with Gasteiger partial charge < -0.3 is 20.5 Å². The Hall–Kier alpha value is -1.80. The summed E-state index contributed by atoms with van der Waals surface area (Å²) in [5.41, 5.74) is 0.463. The number of amides is 1. The van der Waals surface area contributed by atoms with Crippen molar-refractivity contribution in [1.82, 2.24) is 5.32 Å². The van der Waals surface area contributed by atoms with Crippen LogP contribution in [0.1, 0.15) is 25.7 Å². The van der Waals surface area contributed by atoms with Crippen molar-refractivity contribution in [3.63, 3.8) is 0 Å². The lowest BCUT2D eigenvalue weighted by molar-refractivity contribution is -0.126. The van der Waals surface area contributed by atoms with E-state index in [1.807, 2.05) is 5.32 Å². The van der Waals surface area contributed by atoms with Crippen LogP contribution in [0, 0.1) is 0 Å². The fourth-order valence-corrected chi connectivity index (χ4v) is 2.53. The number of ether oxygens (including phenoxy) is 1. The average Bonchev–Trinajstić information content (AvgIpc) is 2.50. The van der Waals surface area contributed by atoms with Crippen molar-refractivity contribution in [3.8, 4) is 5.75 Å². The van der Waals surface area contributed by atoms with Gasteiger partial charge in [0.1, 0.15) is 11.9 Å². The van der Waals surface area contributed by atoms with Gasteiger partial charge in [0, 0.05) is 5.69 Å². The highest BCUT2D eigenvalue weighted by atomic mass is 19.4. The summed E-state index contributed by atoms with van der Waals surface area (Å²) < 4.78 is 41.6. The molecule has 2 unspecified atom stereocenters. The summed E-state index contributed by atoms with van der Waals surface area (Å²) in [6.07, 6.45) is -1.52. The Morgan fingerprint density at radius 3 is 2.50 bits per heavy atom. The quantitative estimate of drug-likeness (QED) is 0.740. The minimum atomic E-state index is -4.34. The number of benzene rings is 1. The third kappa shape index (κ3) is 6.37. The normalized spacial score (nSPS) is 21.3. The van der Waals surface area contributed by atoms with Crippen LogP contribution in [-0.2, 0) is 4.79 Å². The van der Waals surface area contributed by atoms with E-state index >= 15 is 0 Å². The van der Waals surface area contributed by atoms with Crippen molar-refractivity contribution in [3.05, 3.63) is 24.3 Å². The van der Waals surface area contributed by atoms with Crippen molar-refractivity contribution in [2.24, 2.45) is 0 Å². The first kappa shape index (κ1) is 18.5. The molecule has 0 radical (unpaired) electrons. The molecule has 1 aliphatic rings. The lowest BCUT2D eigenvalue weighted by atomic mass is 9.95. The summed E-state index contributed by atoms with van der Waals surface area (Å²) in [4.78, 5) is 11.5.